The average Bonchev–Trinajstić information content (AvgIpc) is 2.52. The number of hydrogen-bond donors (Lipinski definition) is 2. The number of phenolic OH excluding ortho intramolecular Hbond substituents is 1. The van der Waals surface area contributed by atoms with Gasteiger partial charge in [-0.15, -0.1) is 0 Å². The molecule has 0 saturated heterocycles. The van der Waals surface area contributed by atoms with E-state index in [1.807, 2.05) is 0 Å². The van der Waals surface area contributed by atoms with E-state index in [2.05, 4.69) is 0 Å². The first-order chi connectivity index (χ1) is 6.63. The summed E-state index contributed by atoms with van der Waals surface area (Å²) in [5.41, 5.74) is 6.54. The zero-order chi connectivity index (χ0) is 10.2. The molecular formula is C11H14ClNO. The van der Waals surface area contributed by atoms with E-state index in [-0.39, 0.29) is 5.75 Å². The molecular weight excluding hydrogens is 198 g/mol. The highest BCUT2D eigenvalue weighted by Gasteiger charge is 2.35. The smallest absolute Gasteiger partial charge is 0.122 e. The van der Waals surface area contributed by atoms with E-state index in [1.165, 1.54) is 0 Å². The average molecular weight is 212 g/mol. The molecule has 3 heteroatoms. The Kier molecular flexibility index (Phi) is 2.41. The van der Waals surface area contributed by atoms with Crippen molar-refractivity contribution in [2.45, 2.75) is 31.2 Å². The molecule has 14 heavy (non-hydrogen) atoms. The number of rotatable bonds is 1. The number of nitrogens with two attached hydrogens (primary N) is 1. The zero-order valence-electron chi connectivity index (χ0n) is 7.96. The van der Waals surface area contributed by atoms with Gasteiger partial charge in [-0.1, -0.05) is 30.5 Å². The molecule has 0 spiro atoms. The molecule has 0 amide bonds. The summed E-state index contributed by atoms with van der Waals surface area (Å²) < 4.78 is 0. The molecule has 0 unspecified atom stereocenters. The number of benzene rings is 1. The molecule has 1 aromatic rings. The molecule has 0 bridgehead atoms. The Labute approximate surface area is 88.7 Å². The van der Waals surface area contributed by atoms with Crippen molar-refractivity contribution in [3.8, 4) is 5.75 Å². The third kappa shape index (κ3) is 1.49. The van der Waals surface area contributed by atoms with Crippen LogP contribution < -0.4 is 5.73 Å². The minimum absolute atomic E-state index is 0.224. The molecule has 0 heterocycles. The molecule has 1 aromatic carbocycles. The molecule has 76 valence electrons. The number of hydrogen-bond acceptors (Lipinski definition) is 2. The zero-order valence-corrected chi connectivity index (χ0v) is 8.72. The molecule has 1 saturated carbocycles. The van der Waals surface area contributed by atoms with Crippen molar-refractivity contribution in [1.82, 2.24) is 0 Å². The first kappa shape index (κ1) is 9.81. The van der Waals surface area contributed by atoms with Gasteiger partial charge >= 0.3 is 0 Å². The van der Waals surface area contributed by atoms with Gasteiger partial charge in [-0.05, 0) is 25.0 Å². The lowest BCUT2D eigenvalue weighted by Gasteiger charge is -2.26. The second-order valence-corrected chi connectivity index (χ2v) is 4.40. The van der Waals surface area contributed by atoms with Crippen molar-refractivity contribution >= 4 is 11.6 Å². The summed E-state index contributed by atoms with van der Waals surface area (Å²) in [5.74, 6) is 0.224. The SMILES string of the molecule is NC1(c2c(O)cccc2Cl)CCCC1. The second kappa shape index (κ2) is 3.44. The first-order valence-corrected chi connectivity index (χ1v) is 5.28. The van der Waals surface area contributed by atoms with Crippen molar-refractivity contribution in [2.24, 2.45) is 5.73 Å². The van der Waals surface area contributed by atoms with E-state index >= 15 is 0 Å². The van der Waals surface area contributed by atoms with Crippen LogP contribution in [0.3, 0.4) is 0 Å². The minimum Gasteiger partial charge on any atom is -0.508 e. The van der Waals surface area contributed by atoms with Gasteiger partial charge in [0.05, 0.1) is 0 Å². The summed E-state index contributed by atoms with van der Waals surface area (Å²) in [5, 5.41) is 10.3. The fourth-order valence-corrected chi connectivity index (χ4v) is 2.62. The van der Waals surface area contributed by atoms with Crippen LogP contribution in [0.2, 0.25) is 5.02 Å². The van der Waals surface area contributed by atoms with Gasteiger partial charge in [-0.3, -0.25) is 0 Å². The maximum atomic E-state index is 9.75. The van der Waals surface area contributed by atoms with Crippen LogP contribution in [0.1, 0.15) is 31.2 Å². The molecule has 0 aliphatic heterocycles. The van der Waals surface area contributed by atoms with Crippen LogP contribution in [-0.4, -0.2) is 5.11 Å². The van der Waals surface area contributed by atoms with Gasteiger partial charge in [-0.2, -0.15) is 0 Å². The Hall–Kier alpha value is -0.730. The highest BCUT2D eigenvalue weighted by molar-refractivity contribution is 6.31. The predicted molar refractivity (Wildman–Crippen MR) is 57.5 cm³/mol. The van der Waals surface area contributed by atoms with E-state index < -0.39 is 5.54 Å². The maximum absolute atomic E-state index is 9.75. The third-order valence-corrected chi connectivity index (χ3v) is 3.30. The van der Waals surface area contributed by atoms with Crippen LogP contribution >= 0.6 is 11.6 Å². The van der Waals surface area contributed by atoms with Crippen LogP contribution in [0.5, 0.6) is 5.75 Å². The highest BCUT2D eigenvalue weighted by Crippen LogP contribution is 2.43. The van der Waals surface area contributed by atoms with E-state index in [0.29, 0.717) is 5.02 Å². The number of phenols is 1. The molecule has 1 fully saturated rings. The first-order valence-electron chi connectivity index (χ1n) is 4.90. The fourth-order valence-electron chi connectivity index (χ4n) is 2.26. The van der Waals surface area contributed by atoms with Crippen molar-refractivity contribution in [2.75, 3.05) is 0 Å². The molecule has 1 aliphatic rings. The Balaban J connectivity index is 2.49. The normalized spacial score (nSPS) is 19.9. The highest BCUT2D eigenvalue weighted by atomic mass is 35.5. The van der Waals surface area contributed by atoms with Crippen molar-refractivity contribution in [1.29, 1.82) is 0 Å². The third-order valence-electron chi connectivity index (χ3n) is 2.99. The van der Waals surface area contributed by atoms with Gasteiger partial charge in [-0.25, -0.2) is 0 Å². The van der Waals surface area contributed by atoms with E-state index in [9.17, 15) is 5.11 Å². The summed E-state index contributed by atoms with van der Waals surface area (Å²) in [6.45, 7) is 0. The summed E-state index contributed by atoms with van der Waals surface area (Å²) in [7, 11) is 0. The van der Waals surface area contributed by atoms with Gasteiger partial charge in [0.15, 0.2) is 0 Å². The lowest BCUT2D eigenvalue weighted by Crippen LogP contribution is -2.33. The molecule has 3 N–H and O–H groups in total. The lowest BCUT2D eigenvalue weighted by molar-refractivity contribution is 0.409. The minimum atomic E-state index is -0.414. The second-order valence-electron chi connectivity index (χ2n) is 4.00. The summed E-state index contributed by atoms with van der Waals surface area (Å²) in [6.07, 6.45) is 4.04. The van der Waals surface area contributed by atoms with Crippen LogP contribution in [0.15, 0.2) is 18.2 Å². The van der Waals surface area contributed by atoms with E-state index in [0.717, 1.165) is 31.2 Å². The quantitative estimate of drug-likeness (QED) is 0.751. The standard InChI is InChI=1S/C11H14ClNO/c12-8-4-3-5-9(14)10(8)11(13)6-1-2-7-11/h3-5,14H,1-2,6-7,13H2. The monoisotopic (exact) mass is 211 g/mol. The van der Waals surface area contributed by atoms with E-state index in [4.69, 9.17) is 17.3 Å². The van der Waals surface area contributed by atoms with Crippen molar-refractivity contribution < 1.29 is 5.11 Å². The molecule has 0 radical (unpaired) electrons. The van der Waals surface area contributed by atoms with Gasteiger partial charge in [0.1, 0.15) is 5.75 Å². The van der Waals surface area contributed by atoms with Gasteiger partial charge in [0, 0.05) is 16.1 Å². The summed E-state index contributed by atoms with van der Waals surface area (Å²) in [6, 6.07) is 5.16. The molecule has 1 aliphatic carbocycles. The summed E-state index contributed by atoms with van der Waals surface area (Å²) >= 11 is 6.06. The predicted octanol–water partition coefficient (Wildman–Crippen LogP) is 2.77. The Morgan fingerprint density at radius 1 is 1.29 bits per heavy atom. The fraction of sp³-hybridized carbons (Fsp3) is 0.455. The Bertz CT molecular complexity index is 325. The van der Waals surface area contributed by atoms with Crippen LogP contribution in [0.4, 0.5) is 0 Å². The number of aromatic hydroxyl groups is 1. The maximum Gasteiger partial charge on any atom is 0.122 e. The van der Waals surface area contributed by atoms with Gasteiger partial charge in [0.2, 0.25) is 0 Å². The molecule has 0 aromatic heterocycles. The largest absolute Gasteiger partial charge is 0.508 e. The number of halogens is 1. The van der Waals surface area contributed by atoms with E-state index in [1.54, 1.807) is 18.2 Å². The molecule has 0 atom stereocenters. The van der Waals surface area contributed by atoms with Crippen molar-refractivity contribution in [3.63, 3.8) is 0 Å². The molecule has 2 nitrogen and oxygen atoms in total. The molecule has 2 rings (SSSR count). The van der Waals surface area contributed by atoms with Crippen LogP contribution in [0, 0.1) is 0 Å². The van der Waals surface area contributed by atoms with Crippen LogP contribution in [-0.2, 0) is 5.54 Å². The topological polar surface area (TPSA) is 46.2 Å². The summed E-state index contributed by atoms with van der Waals surface area (Å²) in [4.78, 5) is 0. The van der Waals surface area contributed by atoms with Crippen LogP contribution in [0.25, 0.3) is 0 Å². The van der Waals surface area contributed by atoms with Gasteiger partial charge < -0.3 is 10.8 Å². The Morgan fingerprint density at radius 3 is 2.50 bits per heavy atom. The lowest BCUT2D eigenvalue weighted by atomic mass is 9.88. The van der Waals surface area contributed by atoms with Gasteiger partial charge in [0.25, 0.3) is 0 Å². The Morgan fingerprint density at radius 2 is 1.93 bits per heavy atom. The van der Waals surface area contributed by atoms with Crippen molar-refractivity contribution in [3.05, 3.63) is 28.8 Å².